The summed E-state index contributed by atoms with van der Waals surface area (Å²) in [4.78, 5) is 63.3. The van der Waals surface area contributed by atoms with Gasteiger partial charge in [0.25, 0.3) is 5.91 Å². The number of alkyl halides is 3. The second-order valence-electron chi connectivity index (χ2n) is 17.3. The van der Waals surface area contributed by atoms with E-state index in [4.69, 9.17) is 19.9 Å². The number of ketones is 1. The molecule has 3 amide bonds. The lowest BCUT2D eigenvalue weighted by Crippen LogP contribution is -2.45. The van der Waals surface area contributed by atoms with E-state index in [0.29, 0.717) is 45.1 Å². The van der Waals surface area contributed by atoms with E-state index in [9.17, 15) is 37.1 Å². The maximum atomic E-state index is 14.1. The Hall–Kier alpha value is -4.83. The van der Waals surface area contributed by atoms with Crippen molar-refractivity contribution in [1.29, 1.82) is 0 Å². The highest BCUT2D eigenvalue weighted by atomic mass is 19.4. The van der Waals surface area contributed by atoms with Gasteiger partial charge in [0.05, 0.1) is 22.5 Å². The fraction of sp³-hybridized carbons (Fsp3) is 0.641. The number of carbonyl (C=O) groups is 5. The Bertz CT molecular complexity index is 1790. The summed E-state index contributed by atoms with van der Waals surface area (Å²) < 4.78 is 59.8. The number of aromatic nitrogens is 2. The van der Waals surface area contributed by atoms with Crippen LogP contribution in [-0.4, -0.2) is 75.6 Å². The summed E-state index contributed by atoms with van der Waals surface area (Å²) in [5.41, 5.74) is 2.76. The number of unbranched alkanes of at least 4 members (excludes halogenated alkanes) is 1. The van der Waals surface area contributed by atoms with Crippen LogP contribution < -0.4 is 21.7 Å². The average Bonchev–Trinajstić information content (AvgIpc) is 3.42. The van der Waals surface area contributed by atoms with Crippen LogP contribution in [0, 0.1) is 5.41 Å². The SMILES string of the molecule is CC1(C)CC(=O)c2c(C(F)(F)F)nn(-c3ccc(C(N)=O)c(NC4CCC(OC(=O)[C@H](CCCCNC(=O)OC(C)(C)C)NC(=O)OC(C)(C)C)CC4)c3)c2C1. The quantitative estimate of drug-likeness (QED) is 0.0988. The second kappa shape index (κ2) is 17.1. The van der Waals surface area contributed by atoms with Gasteiger partial charge in [-0.05, 0) is 117 Å². The number of nitrogens with zero attached hydrogens (tertiary/aromatic N) is 2. The molecule has 17 heteroatoms. The minimum absolute atomic E-state index is 0.0455. The third kappa shape index (κ3) is 12.3. The van der Waals surface area contributed by atoms with Crippen molar-refractivity contribution >= 4 is 35.5 Å². The maximum Gasteiger partial charge on any atom is 0.435 e. The molecule has 1 atom stereocenters. The molecule has 1 saturated carbocycles. The Labute approximate surface area is 325 Å². The van der Waals surface area contributed by atoms with E-state index in [1.165, 1.54) is 18.2 Å². The summed E-state index contributed by atoms with van der Waals surface area (Å²) in [5.74, 6) is -2.00. The van der Waals surface area contributed by atoms with Gasteiger partial charge >= 0.3 is 24.3 Å². The van der Waals surface area contributed by atoms with Crippen LogP contribution in [0.2, 0.25) is 0 Å². The number of Topliss-reactive ketones (excluding diaryl/α,β-unsaturated/α-hetero) is 1. The zero-order valence-electron chi connectivity index (χ0n) is 33.4. The Morgan fingerprint density at radius 1 is 0.946 bits per heavy atom. The normalized spacial score (nSPS) is 18.9. The van der Waals surface area contributed by atoms with Crippen molar-refractivity contribution in [3.05, 3.63) is 40.7 Å². The number of rotatable bonds is 12. The first-order chi connectivity index (χ1) is 25.8. The van der Waals surface area contributed by atoms with Crippen molar-refractivity contribution in [3.63, 3.8) is 0 Å². The molecule has 2 aromatic rings. The van der Waals surface area contributed by atoms with Crippen LogP contribution >= 0.6 is 0 Å². The van der Waals surface area contributed by atoms with E-state index in [-0.39, 0.29) is 47.9 Å². The predicted octanol–water partition coefficient (Wildman–Crippen LogP) is 7.00. The van der Waals surface area contributed by atoms with Crippen LogP contribution in [0.25, 0.3) is 5.69 Å². The van der Waals surface area contributed by atoms with Gasteiger partial charge in [-0.15, -0.1) is 0 Å². The summed E-state index contributed by atoms with van der Waals surface area (Å²) in [5, 5.41) is 12.5. The first-order valence-electron chi connectivity index (χ1n) is 18.9. The van der Waals surface area contributed by atoms with Gasteiger partial charge in [-0.1, -0.05) is 13.8 Å². The second-order valence-corrected chi connectivity index (χ2v) is 17.3. The van der Waals surface area contributed by atoms with Crippen molar-refractivity contribution in [2.24, 2.45) is 11.1 Å². The number of primary amides is 1. The highest BCUT2D eigenvalue weighted by molar-refractivity contribution is 6.00. The lowest BCUT2D eigenvalue weighted by atomic mass is 9.75. The molecule has 2 aliphatic rings. The van der Waals surface area contributed by atoms with E-state index in [0.717, 1.165) is 4.68 Å². The van der Waals surface area contributed by atoms with Crippen LogP contribution in [0.5, 0.6) is 0 Å². The highest BCUT2D eigenvalue weighted by Crippen LogP contribution is 2.42. The molecule has 1 aromatic carbocycles. The Morgan fingerprint density at radius 2 is 1.57 bits per heavy atom. The van der Waals surface area contributed by atoms with E-state index in [1.54, 1.807) is 41.5 Å². The number of hydrogen-bond acceptors (Lipinski definition) is 10. The van der Waals surface area contributed by atoms with Crippen LogP contribution in [0.15, 0.2) is 18.2 Å². The van der Waals surface area contributed by atoms with Gasteiger partial charge < -0.3 is 35.9 Å². The van der Waals surface area contributed by atoms with Crippen molar-refractivity contribution in [2.75, 3.05) is 11.9 Å². The zero-order valence-corrected chi connectivity index (χ0v) is 33.4. The lowest BCUT2D eigenvalue weighted by Gasteiger charge is -2.31. The molecule has 1 heterocycles. The predicted molar refractivity (Wildman–Crippen MR) is 201 cm³/mol. The monoisotopic (exact) mass is 792 g/mol. The van der Waals surface area contributed by atoms with E-state index >= 15 is 0 Å². The van der Waals surface area contributed by atoms with Crippen LogP contribution in [0.4, 0.5) is 28.4 Å². The van der Waals surface area contributed by atoms with Crippen LogP contribution in [-0.2, 0) is 31.6 Å². The number of anilines is 1. The van der Waals surface area contributed by atoms with E-state index in [2.05, 4.69) is 21.0 Å². The minimum Gasteiger partial charge on any atom is -0.461 e. The Kier molecular flexibility index (Phi) is 13.4. The molecule has 0 radical (unpaired) electrons. The summed E-state index contributed by atoms with van der Waals surface area (Å²) in [6, 6.07) is 3.14. The number of esters is 1. The summed E-state index contributed by atoms with van der Waals surface area (Å²) in [6.07, 6.45) is -3.44. The van der Waals surface area contributed by atoms with E-state index in [1.807, 2.05) is 13.8 Å². The molecular formula is C39H55F3N6O8. The average molecular weight is 793 g/mol. The largest absolute Gasteiger partial charge is 0.461 e. The molecule has 4 rings (SSSR count). The number of alkyl carbamates (subject to hydrolysis) is 2. The molecule has 5 N–H and O–H groups in total. The number of hydrogen-bond donors (Lipinski definition) is 4. The number of ether oxygens (including phenoxy) is 3. The number of fused-ring (bicyclic) bond motifs is 1. The molecule has 0 aliphatic heterocycles. The zero-order chi connectivity index (χ0) is 41.8. The van der Waals surface area contributed by atoms with Crippen molar-refractivity contribution < 1.29 is 51.4 Å². The van der Waals surface area contributed by atoms with E-state index < -0.39 is 76.0 Å². The molecule has 0 unspecified atom stereocenters. The van der Waals surface area contributed by atoms with Crippen LogP contribution in [0.3, 0.4) is 0 Å². The number of halogens is 3. The van der Waals surface area contributed by atoms with Gasteiger partial charge in [-0.2, -0.15) is 18.3 Å². The molecule has 0 spiro atoms. The molecule has 310 valence electrons. The third-order valence-corrected chi connectivity index (χ3v) is 9.21. The van der Waals surface area contributed by atoms with Gasteiger partial charge in [-0.3, -0.25) is 9.59 Å². The van der Waals surface area contributed by atoms with Gasteiger partial charge in [0, 0.05) is 24.7 Å². The number of nitrogens with one attached hydrogen (secondary N) is 3. The number of amides is 3. The van der Waals surface area contributed by atoms with Gasteiger partial charge in [-0.25, -0.2) is 19.1 Å². The van der Waals surface area contributed by atoms with Crippen molar-refractivity contribution in [3.8, 4) is 5.69 Å². The molecule has 2 aliphatic carbocycles. The van der Waals surface area contributed by atoms with Crippen LogP contribution in [0.1, 0.15) is 139 Å². The standard InChI is InChI=1S/C39H55F3N6O8/c1-36(2,3)55-34(52)44-18-10-9-11-26(46-35(53)56-37(4,5)6)33(51)54-24-15-12-22(13-16-24)45-27-19-23(14-17-25(27)32(43)50)48-28-20-38(7,8)21-29(49)30(28)31(47-48)39(40,41)42/h14,17,19,22,24,26,45H,9-13,15-16,18,20-21H2,1-8H3,(H2,43,50)(H,44,52)(H,46,53)/t22?,24?,26-/m0/s1. The first kappa shape index (κ1) is 43.9. The fourth-order valence-corrected chi connectivity index (χ4v) is 6.83. The molecule has 14 nitrogen and oxygen atoms in total. The topological polar surface area (TPSA) is 193 Å². The third-order valence-electron chi connectivity index (χ3n) is 9.21. The van der Waals surface area contributed by atoms with Gasteiger partial charge in [0.1, 0.15) is 23.3 Å². The fourth-order valence-electron chi connectivity index (χ4n) is 6.83. The molecular weight excluding hydrogens is 737 g/mol. The Balaban J connectivity index is 1.42. The van der Waals surface area contributed by atoms with Crippen molar-refractivity contribution in [2.45, 2.75) is 149 Å². The highest BCUT2D eigenvalue weighted by Gasteiger charge is 2.45. The lowest BCUT2D eigenvalue weighted by molar-refractivity contribution is -0.153. The number of carbonyl (C=O) groups excluding carboxylic acids is 5. The molecule has 0 bridgehead atoms. The van der Waals surface area contributed by atoms with Gasteiger partial charge in [0.2, 0.25) is 0 Å². The molecule has 0 saturated heterocycles. The number of benzene rings is 1. The summed E-state index contributed by atoms with van der Waals surface area (Å²) >= 11 is 0. The van der Waals surface area contributed by atoms with Gasteiger partial charge in [0.15, 0.2) is 11.5 Å². The van der Waals surface area contributed by atoms with Crippen molar-refractivity contribution in [1.82, 2.24) is 20.4 Å². The summed E-state index contributed by atoms with van der Waals surface area (Å²) in [7, 11) is 0. The first-order valence-corrected chi connectivity index (χ1v) is 18.9. The number of nitrogens with two attached hydrogens (primary N) is 1. The molecule has 56 heavy (non-hydrogen) atoms. The smallest absolute Gasteiger partial charge is 0.435 e. The maximum absolute atomic E-state index is 14.1. The summed E-state index contributed by atoms with van der Waals surface area (Å²) in [6.45, 7) is 14.3. The molecule has 1 aromatic heterocycles. The molecule has 1 fully saturated rings. The Morgan fingerprint density at radius 3 is 2.16 bits per heavy atom. The minimum atomic E-state index is -4.85.